The maximum absolute atomic E-state index is 12.7. The number of rotatable bonds is 6. The predicted molar refractivity (Wildman–Crippen MR) is 123 cm³/mol. The second-order valence-electron chi connectivity index (χ2n) is 8.02. The van der Waals surface area contributed by atoms with Crippen LogP contribution in [0.5, 0.6) is 23.0 Å². The molecule has 2 aliphatic rings. The fourth-order valence-electron chi connectivity index (χ4n) is 3.80. The monoisotopic (exact) mass is 466 g/mol. The van der Waals surface area contributed by atoms with Crippen molar-refractivity contribution >= 4 is 23.9 Å². The number of carbonyl (C=O) groups is 3. The summed E-state index contributed by atoms with van der Waals surface area (Å²) in [5.74, 6) is 0.648. The van der Waals surface area contributed by atoms with Gasteiger partial charge in [0.15, 0.2) is 23.0 Å². The van der Waals surface area contributed by atoms with Crippen molar-refractivity contribution in [3.8, 4) is 23.0 Å². The first-order chi connectivity index (χ1) is 16.4. The molecule has 0 aromatic heterocycles. The second kappa shape index (κ2) is 10.4. The zero-order valence-electron chi connectivity index (χ0n) is 19.1. The van der Waals surface area contributed by atoms with Gasteiger partial charge in [0.25, 0.3) is 0 Å². The highest BCUT2D eigenvalue weighted by molar-refractivity contribution is 5.92. The van der Waals surface area contributed by atoms with Crippen LogP contribution in [-0.4, -0.2) is 60.6 Å². The number of esters is 2. The second-order valence-corrected chi connectivity index (χ2v) is 8.02. The smallest absolute Gasteiger partial charge is 0.308 e. The van der Waals surface area contributed by atoms with Crippen LogP contribution in [0.25, 0.3) is 6.08 Å². The van der Waals surface area contributed by atoms with E-state index in [9.17, 15) is 14.4 Å². The van der Waals surface area contributed by atoms with Gasteiger partial charge in [-0.15, -0.1) is 0 Å². The van der Waals surface area contributed by atoms with Crippen molar-refractivity contribution in [3.05, 3.63) is 53.6 Å². The summed E-state index contributed by atoms with van der Waals surface area (Å²) in [6.07, 6.45) is 3.14. The van der Waals surface area contributed by atoms with Crippen molar-refractivity contribution in [2.75, 3.05) is 33.0 Å². The van der Waals surface area contributed by atoms with E-state index in [4.69, 9.17) is 18.9 Å². The minimum Gasteiger partial charge on any atom is -0.454 e. The van der Waals surface area contributed by atoms with Crippen LogP contribution in [0.2, 0.25) is 0 Å². The van der Waals surface area contributed by atoms with Gasteiger partial charge in [-0.1, -0.05) is 12.1 Å². The van der Waals surface area contributed by atoms with Gasteiger partial charge in [0.1, 0.15) is 0 Å². The summed E-state index contributed by atoms with van der Waals surface area (Å²) in [5, 5.41) is 0. The maximum atomic E-state index is 12.7. The van der Waals surface area contributed by atoms with E-state index in [2.05, 4.69) is 4.90 Å². The molecule has 0 spiro atoms. The molecule has 2 aromatic carbocycles. The van der Waals surface area contributed by atoms with E-state index in [1.807, 2.05) is 18.2 Å². The minimum absolute atomic E-state index is 0.0965. The van der Waals surface area contributed by atoms with E-state index in [0.717, 1.165) is 36.7 Å². The normalized spacial score (nSPS) is 15.4. The van der Waals surface area contributed by atoms with Crippen molar-refractivity contribution in [3.63, 3.8) is 0 Å². The van der Waals surface area contributed by atoms with Crippen molar-refractivity contribution in [1.82, 2.24) is 9.80 Å². The van der Waals surface area contributed by atoms with Gasteiger partial charge in [0.2, 0.25) is 12.7 Å². The summed E-state index contributed by atoms with van der Waals surface area (Å²) < 4.78 is 21.0. The Morgan fingerprint density at radius 1 is 0.882 bits per heavy atom. The van der Waals surface area contributed by atoms with Gasteiger partial charge in [0, 0.05) is 52.6 Å². The number of nitrogens with zero attached hydrogens (tertiary/aromatic N) is 2. The highest BCUT2D eigenvalue weighted by atomic mass is 16.7. The molecule has 0 atom stereocenters. The molecule has 9 nitrogen and oxygen atoms in total. The van der Waals surface area contributed by atoms with Crippen molar-refractivity contribution in [2.24, 2.45) is 0 Å². The van der Waals surface area contributed by atoms with Gasteiger partial charge >= 0.3 is 11.9 Å². The van der Waals surface area contributed by atoms with Crippen LogP contribution in [0.4, 0.5) is 0 Å². The number of benzene rings is 2. The zero-order chi connectivity index (χ0) is 24.1. The Hall–Kier alpha value is -3.85. The van der Waals surface area contributed by atoms with E-state index < -0.39 is 11.9 Å². The molecule has 0 radical (unpaired) electrons. The summed E-state index contributed by atoms with van der Waals surface area (Å²) >= 11 is 0. The Morgan fingerprint density at radius 2 is 1.59 bits per heavy atom. The molecule has 0 unspecified atom stereocenters. The van der Waals surface area contributed by atoms with E-state index in [1.165, 1.54) is 26.0 Å². The number of amides is 1. The fourth-order valence-corrected chi connectivity index (χ4v) is 3.80. The molecule has 2 aromatic rings. The average Bonchev–Trinajstić information content (AvgIpc) is 3.27. The van der Waals surface area contributed by atoms with Gasteiger partial charge in [-0.2, -0.15) is 0 Å². The summed E-state index contributed by atoms with van der Waals surface area (Å²) in [6, 6.07) is 10.7. The van der Waals surface area contributed by atoms with Crippen LogP contribution < -0.4 is 18.9 Å². The van der Waals surface area contributed by atoms with Gasteiger partial charge in [-0.25, -0.2) is 0 Å². The molecule has 1 amide bonds. The number of fused-ring (bicyclic) bond motifs is 1. The minimum atomic E-state index is -0.538. The molecule has 0 saturated carbocycles. The van der Waals surface area contributed by atoms with E-state index in [0.29, 0.717) is 18.7 Å². The van der Waals surface area contributed by atoms with Gasteiger partial charge in [0.05, 0.1) is 0 Å². The number of carbonyl (C=O) groups excluding carboxylic acids is 3. The number of piperazine rings is 1. The lowest BCUT2D eigenvalue weighted by Crippen LogP contribution is -2.47. The van der Waals surface area contributed by atoms with Gasteiger partial charge < -0.3 is 23.8 Å². The Labute approximate surface area is 197 Å². The molecule has 4 rings (SSSR count). The van der Waals surface area contributed by atoms with Crippen molar-refractivity contribution in [1.29, 1.82) is 0 Å². The molecule has 9 heteroatoms. The Balaban J connectivity index is 1.32. The summed E-state index contributed by atoms with van der Waals surface area (Å²) in [7, 11) is 0. The molecule has 0 bridgehead atoms. The predicted octanol–water partition coefficient (Wildman–Crippen LogP) is 2.62. The average molecular weight is 466 g/mol. The lowest BCUT2D eigenvalue weighted by atomic mass is 10.1. The molecule has 178 valence electrons. The Bertz CT molecular complexity index is 1120. The van der Waals surface area contributed by atoms with E-state index in [1.54, 1.807) is 23.1 Å². The molecule has 34 heavy (non-hydrogen) atoms. The first kappa shape index (κ1) is 23.3. The lowest BCUT2D eigenvalue weighted by Gasteiger charge is -2.34. The Morgan fingerprint density at radius 3 is 2.32 bits per heavy atom. The first-order valence-electron chi connectivity index (χ1n) is 11.0. The molecular weight excluding hydrogens is 440 g/mol. The molecule has 1 fully saturated rings. The SMILES string of the molecule is CC(=O)Oc1ccc(/C=C/C(=O)N2CCN(Cc3ccc4c(c3)OCO4)CC2)cc1OC(C)=O. The third-order valence-electron chi connectivity index (χ3n) is 5.42. The van der Waals surface area contributed by atoms with Crippen LogP contribution >= 0.6 is 0 Å². The van der Waals surface area contributed by atoms with Crippen molar-refractivity contribution in [2.45, 2.75) is 20.4 Å². The molecule has 0 aliphatic carbocycles. The van der Waals surface area contributed by atoms with Crippen LogP contribution in [0.3, 0.4) is 0 Å². The van der Waals surface area contributed by atoms with Crippen LogP contribution in [0, 0.1) is 0 Å². The third kappa shape index (κ3) is 5.93. The van der Waals surface area contributed by atoms with Crippen LogP contribution in [0.15, 0.2) is 42.5 Å². The van der Waals surface area contributed by atoms with E-state index in [-0.39, 0.29) is 24.2 Å². The molecular formula is C25H26N2O7. The summed E-state index contributed by atoms with van der Waals surface area (Å²) in [6.45, 7) is 6.34. The number of hydrogen-bond acceptors (Lipinski definition) is 8. The molecule has 0 N–H and O–H groups in total. The van der Waals surface area contributed by atoms with Crippen molar-refractivity contribution < 1.29 is 33.3 Å². The highest BCUT2D eigenvalue weighted by Gasteiger charge is 2.21. The third-order valence-corrected chi connectivity index (χ3v) is 5.42. The number of ether oxygens (including phenoxy) is 4. The maximum Gasteiger partial charge on any atom is 0.308 e. The first-order valence-corrected chi connectivity index (χ1v) is 11.0. The quantitative estimate of drug-likeness (QED) is 0.364. The summed E-state index contributed by atoms with van der Waals surface area (Å²) in [4.78, 5) is 39.4. The fraction of sp³-hybridized carbons (Fsp3) is 0.320. The molecule has 2 heterocycles. The van der Waals surface area contributed by atoms with E-state index >= 15 is 0 Å². The van der Waals surface area contributed by atoms with Crippen LogP contribution in [0.1, 0.15) is 25.0 Å². The molecule has 2 aliphatic heterocycles. The number of hydrogen-bond donors (Lipinski definition) is 0. The Kier molecular flexibility index (Phi) is 7.12. The summed E-state index contributed by atoms with van der Waals surface area (Å²) in [5.41, 5.74) is 1.78. The topological polar surface area (TPSA) is 94.6 Å². The molecule has 1 saturated heterocycles. The largest absolute Gasteiger partial charge is 0.454 e. The van der Waals surface area contributed by atoms with Gasteiger partial charge in [-0.05, 0) is 41.5 Å². The standard InChI is InChI=1S/C25H26N2O7/c1-17(28)33-22-7-3-19(13-24(22)34-18(2)29)5-8-25(30)27-11-9-26(10-12-27)15-20-4-6-21-23(14-20)32-16-31-21/h3-8,13-14H,9-12,15-16H2,1-2H3/b8-5+. The van der Waals surface area contributed by atoms with Crippen LogP contribution in [-0.2, 0) is 20.9 Å². The lowest BCUT2D eigenvalue weighted by molar-refractivity contribution is -0.134. The highest BCUT2D eigenvalue weighted by Crippen LogP contribution is 2.33. The van der Waals surface area contributed by atoms with Gasteiger partial charge in [-0.3, -0.25) is 19.3 Å². The zero-order valence-corrected chi connectivity index (χ0v) is 19.1.